The molecule has 0 spiro atoms. The van der Waals surface area contributed by atoms with Crippen molar-refractivity contribution in [1.29, 1.82) is 0 Å². The second-order valence-electron chi connectivity index (χ2n) is 5.38. The topological polar surface area (TPSA) is 72.8 Å². The lowest BCUT2D eigenvalue weighted by Crippen LogP contribution is -2.03. The van der Waals surface area contributed by atoms with Gasteiger partial charge < -0.3 is 14.3 Å². The van der Waals surface area contributed by atoms with E-state index in [-0.39, 0.29) is 52.3 Å². The van der Waals surface area contributed by atoms with Crippen molar-refractivity contribution in [3.63, 3.8) is 0 Å². The maximum Gasteiger partial charge on any atom is 0.197 e. The Morgan fingerprint density at radius 2 is 2.19 bits per heavy atom. The van der Waals surface area contributed by atoms with Crippen LogP contribution in [0.2, 0.25) is 0 Å². The third-order valence-corrected chi connectivity index (χ3v) is 4.95. The van der Waals surface area contributed by atoms with Crippen molar-refractivity contribution in [2.45, 2.75) is 17.8 Å². The van der Waals surface area contributed by atoms with Crippen LogP contribution in [0.3, 0.4) is 0 Å². The molecule has 132 valence electrons. The van der Waals surface area contributed by atoms with Crippen LogP contribution in [0.4, 0.5) is 0 Å². The highest BCUT2D eigenvalue weighted by Gasteiger charge is 2.15. The number of nitrogens with zero attached hydrogens (tertiary/aromatic N) is 3. The highest BCUT2D eigenvalue weighted by atomic mass is 32.2. The molecule has 7 heteroatoms. The third kappa shape index (κ3) is 3.01. The lowest BCUT2D eigenvalue weighted by atomic mass is 10.2. The number of aromatic amines is 1. The van der Waals surface area contributed by atoms with Gasteiger partial charge in [0.25, 0.3) is 0 Å². The average molecular weight is 373 g/mol. The molecule has 3 aromatic heterocycles. The summed E-state index contributed by atoms with van der Waals surface area (Å²) in [4.78, 5) is 11.3. The lowest BCUT2D eigenvalue weighted by molar-refractivity contribution is 0.410. The Bertz CT molecular complexity index is 1370. The van der Waals surface area contributed by atoms with Gasteiger partial charge in [0.15, 0.2) is 5.16 Å². The van der Waals surface area contributed by atoms with Crippen LogP contribution in [-0.2, 0) is 16.6 Å². The summed E-state index contributed by atoms with van der Waals surface area (Å²) in [5.74, 6) is -0.0641. The van der Waals surface area contributed by atoms with Crippen LogP contribution >= 0.6 is 0 Å². The molecule has 0 saturated carbocycles. The number of benzene rings is 1. The Morgan fingerprint density at radius 3 is 2.96 bits per heavy atom. The van der Waals surface area contributed by atoms with E-state index in [0.717, 1.165) is 4.57 Å². The van der Waals surface area contributed by atoms with Crippen molar-refractivity contribution in [3.8, 4) is 11.4 Å². The van der Waals surface area contributed by atoms with Crippen LogP contribution in [0.15, 0.2) is 60.0 Å². The molecule has 4 rings (SSSR count). The van der Waals surface area contributed by atoms with Gasteiger partial charge in [0.05, 0.1) is 45.9 Å². The molecule has 0 aliphatic rings. The molecule has 0 aliphatic carbocycles. The molecular formula is C19H18N4O2S. The van der Waals surface area contributed by atoms with Gasteiger partial charge in [-0.05, 0) is 43.2 Å². The van der Waals surface area contributed by atoms with Crippen LogP contribution in [0.5, 0.6) is 5.75 Å². The minimum atomic E-state index is -2.51. The summed E-state index contributed by atoms with van der Waals surface area (Å²) < 4.78 is 74.2. The summed E-state index contributed by atoms with van der Waals surface area (Å²) in [6, 6.07) is 5.51. The maximum atomic E-state index is 13.0. The van der Waals surface area contributed by atoms with Crippen LogP contribution in [-0.4, -0.2) is 30.8 Å². The molecule has 1 N–H and O–H groups in total. The molecule has 1 aromatic carbocycles. The Balaban J connectivity index is 1.70. The predicted molar refractivity (Wildman–Crippen MR) is 101 cm³/mol. The van der Waals surface area contributed by atoms with Gasteiger partial charge in [-0.15, -0.1) is 0 Å². The van der Waals surface area contributed by atoms with Crippen LogP contribution in [0.1, 0.15) is 20.9 Å². The summed E-state index contributed by atoms with van der Waals surface area (Å²) in [6.07, 6.45) is 0.823. The van der Waals surface area contributed by atoms with E-state index >= 15 is 0 Å². The fraction of sp³-hybridized carbons (Fsp3) is 0.158. The number of hydrogen-bond acceptors (Lipinski definition) is 4. The number of aromatic nitrogens is 4. The first-order chi connectivity index (χ1) is 15.5. The number of pyridine rings is 1. The number of imidazole rings is 1. The standard InChI is InChI=1S/C19H18N4O2S/c1-13-17(20-8-7-18(13)25-2)12-26(24)19-21-15-6-5-14(11-16(15)22-19)23-9-3-4-10-23/h3-11H,12H2,1-2H3,(H,21,22)/i1D3,3D,4D,9D,10D. The van der Waals surface area contributed by atoms with Gasteiger partial charge in [-0.25, -0.2) is 4.98 Å². The van der Waals surface area contributed by atoms with E-state index in [2.05, 4.69) is 15.0 Å². The minimum Gasteiger partial charge on any atom is -0.496 e. The second-order valence-corrected chi connectivity index (χ2v) is 6.74. The van der Waals surface area contributed by atoms with Crippen molar-refractivity contribution in [2.24, 2.45) is 0 Å². The summed E-state index contributed by atoms with van der Waals surface area (Å²) in [7, 11) is -0.405. The lowest BCUT2D eigenvalue weighted by Gasteiger charge is -2.08. The summed E-state index contributed by atoms with van der Waals surface area (Å²) in [6.45, 7) is -2.51. The fourth-order valence-corrected chi connectivity index (χ4v) is 3.53. The number of fused-ring (bicyclic) bond motifs is 1. The monoisotopic (exact) mass is 373 g/mol. The second kappa shape index (κ2) is 6.76. The zero-order chi connectivity index (χ0) is 24.1. The summed E-state index contributed by atoms with van der Waals surface area (Å²) in [5, 5.41) is 0.107. The molecule has 0 fully saturated rings. The predicted octanol–water partition coefficient (Wildman–Crippen LogP) is 3.37. The fourth-order valence-electron chi connectivity index (χ4n) is 2.50. The largest absolute Gasteiger partial charge is 0.496 e. The van der Waals surface area contributed by atoms with E-state index in [1.54, 1.807) is 18.2 Å². The minimum absolute atomic E-state index is 0.102. The summed E-state index contributed by atoms with van der Waals surface area (Å²) in [5.41, 5.74) is 1.33. The smallest absolute Gasteiger partial charge is 0.197 e. The first-order valence-electron chi connectivity index (χ1n) is 11.1. The number of methoxy groups -OCH3 is 1. The molecule has 4 aromatic rings. The highest BCUT2D eigenvalue weighted by molar-refractivity contribution is 7.84. The molecule has 0 amide bonds. The molecule has 0 bridgehead atoms. The van der Waals surface area contributed by atoms with Gasteiger partial charge in [-0.3, -0.25) is 9.19 Å². The van der Waals surface area contributed by atoms with E-state index in [0.29, 0.717) is 16.7 Å². The zero-order valence-electron chi connectivity index (χ0n) is 20.7. The van der Waals surface area contributed by atoms with E-state index in [9.17, 15) is 4.21 Å². The zero-order valence-corrected chi connectivity index (χ0v) is 14.5. The average Bonchev–Trinajstić information content (AvgIpc) is 3.27. The van der Waals surface area contributed by atoms with Crippen molar-refractivity contribution >= 4 is 21.8 Å². The molecule has 1 atom stereocenters. The van der Waals surface area contributed by atoms with Crippen LogP contribution in [0.25, 0.3) is 16.7 Å². The number of nitrogens with one attached hydrogen (secondary N) is 1. The normalized spacial score (nSPS) is 16.7. The molecule has 26 heavy (non-hydrogen) atoms. The van der Waals surface area contributed by atoms with Crippen molar-refractivity contribution in [1.82, 2.24) is 19.5 Å². The maximum absolute atomic E-state index is 13.0. The Kier molecular flexibility index (Phi) is 2.67. The molecular weight excluding hydrogens is 348 g/mol. The van der Waals surface area contributed by atoms with E-state index in [4.69, 9.17) is 14.3 Å². The highest BCUT2D eigenvalue weighted by Crippen LogP contribution is 2.22. The molecule has 3 heterocycles. The number of H-pyrrole nitrogens is 1. The van der Waals surface area contributed by atoms with Gasteiger partial charge >= 0.3 is 0 Å². The Hall–Kier alpha value is -2.93. The van der Waals surface area contributed by atoms with E-state index < -0.39 is 17.7 Å². The number of hydrogen-bond donors (Lipinski definition) is 1. The van der Waals surface area contributed by atoms with Crippen molar-refractivity contribution in [3.05, 3.63) is 66.2 Å². The molecule has 1 unspecified atom stereocenters. The number of rotatable bonds is 5. The van der Waals surface area contributed by atoms with Gasteiger partial charge in [0.2, 0.25) is 0 Å². The van der Waals surface area contributed by atoms with E-state index in [1.807, 2.05) is 0 Å². The van der Waals surface area contributed by atoms with Crippen molar-refractivity contribution in [2.75, 3.05) is 7.11 Å². The van der Waals surface area contributed by atoms with Gasteiger partial charge in [-0.2, -0.15) is 0 Å². The van der Waals surface area contributed by atoms with Crippen molar-refractivity contribution < 1.29 is 18.5 Å². The van der Waals surface area contributed by atoms with Gasteiger partial charge in [-0.1, -0.05) is 0 Å². The molecule has 6 nitrogen and oxygen atoms in total. The quantitative estimate of drug-likeness (QED) is 0.582. The van der Waals surface area contributed by atoms with Crippen LogP contribution < -0.4 is 4.74 Å². The molecule has 0 aliphatic heterocycles. The van der Waals surface area contributed by atoms with Gasteiger partial charge in [0, 0.05) is 33.9 Å². The molecule has 0 saturated heterocycles. The first-order valence-corrected chi connectivity index (χ1v) is 8.90. The summed E-state index contributed by atoms with van der Waals surface area (Å²) >= 11 is 0. The number of ether oxygens (including phenoxy) is 1. The molecule has 0 radical (unpaired) electrons. The third-order valence-electron chi connectivity index (χ3n) is 3.79. The SMILES string of the molecule is [2H]c1c([2H])c([2H])n(-c2ccc3nc(S(=O)Cc4nccc(OC)c4C([2H])([2H])[2H])[nH]c3c2)c1[2H]. The first kappa shape index (κ1) is 10.3. The Labute approximate surface area is 163 Å². The van der Waals surface area contributed by atoms with E-state index in [1.165, 1.54) is 19.4 Å². The van der Waals surface area contributed by atoms with Crippen LogP contribution in [0, 0.1) is 6.85 Å². The van der Waals surface area contributed by atoms with Gasteiger partial charge in [0.1, 0.15) is 5.75 Å². The Morgan fingerprint density at radius 1 is 1.35 bits per heavy atom.